The van der Waals surface area contributed by atoms with Gasteiger partial charge in [-0.2, -0.15) is 0 Å². The predicted octanol–water partition coefficient (Wildman–Crippen LogP) is 4.14. The van der Waals surface area contributed by atoms with Crippen LogP contribution in [0.3, 0.4) is 0 Å². The smallest absolute Gasteiger partial charge is 0.160 e. The Morgan fingerprint density at radius 2 is 1.57 bits per heavy atom. The molecule has 0 N–H and O–H groups in total. The molecule has 3 heteroatoms. The Morgan fingerprint density at radius 3 is 2.17 bits per heavy atom. The molecule has 0 aliphatic heterocycles. The molecule has 0 amide bonds. The number of aliphatic imine (C=N–C) groups is 1. The first-order valence-electron chi connectivity index (χ1n) is 9.02. The van der Waals surface area contributed by atoms with Crippen LogP contribution in [0.15, 0.2) is 23.2 Å². The van der Waals surface area contributed by atoms with Gasteiger partial charge in [0.1, 0.15) is 0 Å². The summed E-state index contributed by atoms with van der Waals surface area (Å²) in [5, 5.41) is 0. The van der Waals surface area contributed by atoms with Crippen molar-refractivity contribution in [2.45, 2.75) is 38.5 Å². The molecule has 0 saturated heterocycles. The molecule has 0 unspecified atom stereocenters. The molecule has 3 nitrogen and oxygen atoms in total. The van der Waals surface area contributed by atoms with Gasteiger partial charge in [-0.15, -0.1) is 0 Å². The van der Waals surface area contributed by atoms with Crippen LogP contribution in [0.4, 0.5) is 0 Å². The van der Waals surface area contributed by atoms with Gasteiger partial charge in [0.25, 0.3) is 0 Å². The van der Waals surface area contributed by atoms with Crippen molar-refractivity contribution in [2.24, 2.45) is 28.7 Å². The van der Waals surface area contributed by atoms with E-state index < -0.39 is 0 Å². The molecular weight excluding hydrogens is 286 g/mol. The maximum atomic E-state index is 5.39. The van der Waals surface area contributed by atoms with Crippen LogP contribution in [0, 0.1) is 23.7 Å². The van der Waals surface area contributed by atoms with Crippen LogP contribution in [-0.2, 0) is 6.42 Å². The highest BCUT2D eigenvalue weighted by molar-refractivity contribution is 5.90. The molecule has 4 aliphatic rings. The lowest BCUT2D eigenvalue weighted by Gasteiger charge is -2.50. The van der Waals surface area contributed by atoms with Crippen molar-refractivity contribution >= 4 is 5.71 Å². The normalized spacial score (nSPS) is 31.3. The first-order chi connectivity index (χ1) is 11.3. The molecule has 1 aromatic rings. The van der Waals surface area contributed by atoms with Crippen LogP contribution in [0.5, 0.6) is 11.5 Å². The third kappa shape index (κ3) is 2.86. The van der Waals surface area contributed by atoms with E-state index in [0.29, 0.717) is 0 Å². The summed E-state index contributed by atoms with van der Waals surface area (Å²) in [6.45, 7) is 0.910. The van der Waals surface area contributed by atoms with Crippen molar-refractivity contribution < 1.29 is 9.47 Å². The number of methoxy groups -OCH3 is 2. The molecule has 4 bridgehead atoms. The summed E-state index contributed by atoms with van der Waals surface area (Å²) in [4.78, 5) is 5.06. The quantitative estimate of drug-likeness (QED) is 0.818. The molecule has 124 valence electrons. The third-order valence-corrected chi connectivity index (χ3v) is 6.12. The summed E-state index contributed by atoms with van der Waals surface area (Å²) >= 11 is 0. The highest BCUT2D eigenvalue weighted by Gasteiger charge is 2.45. The highest BCUT2D eigenvalue weighted by atomic mass is 16.5. The number of nitrogens with zero attached hydrogens (tertiary/aromatic N) is 1. The van der Waals surface area contributed by atoms with Crippen molar-refractivity contribution in [2.75, 3.05) is 20.8 Å². The lowest BCUT2D eigenvalue weighted by molar-refractivity contribution is 0.108. The van der Waals surface area contributed by atoms with Gasteiger partial charge in [0, 0.05) is 12.3 Å². The van der Waals surface area contributed by atoms with Crippen LogP contribution >= 0.6 is 0 Å². The van der Waals surface area contributed by atoms with Crippen molar-refractivity contribution in [3.63, 3.8) is 0 Å². The fourth-order valence-electron chi connectivity index (χ4n) is 5.28. The van der Waals surface area contributed by atoms with Gasteiger partial charge in [-0.1, -0.05) is 6.07 Å². The number of hydrogen-bond donors (Lipinski definition) is 0. The standard InChI is InChI=1S/C20H27NO2/c1-22-18-4-3-13(12-19(18)23-2)5-6-21-20-16-8-14-7-15(10-16)11-17(20)9-14/h3-4,12,14-17H,5-11H2,1-2H3. The fourth-order valence-corrected chi connectivity index (χ4v) is 5.28. The summed E-state index contributed by atoms with van der Waals surface area (Å²) in [5.74, 6) is 5.27. The zero-order valence-electron chi connectivity index (χ0n) is 14.3. The average Bonchev–Trinajstić information content (AvgIpc) is 2.56. The molecule has 4 saturated carbocycles. The topological polar surface area (TPSA) is 30.8 Å². The van der Waals surface area contributed by atoms with Crippen LogP contribution in [0.1, 0.15) is 37.7 Å². The molecule has 0 heterocycles. The van der Waals surface area contributed by atoms with Gasteiger partial charge in [0.05, 0.1) is 14.2 Å². The Hall–Kier alpha value is -1.51. The summed E-state index contributed by atoms with van der Waals surface area (Å²) in [7, 11) is 3.37. The second-order valence-corrected chi connectivity index (χ2v) is 7.55. The highest BCUT2D eigenvalue weighted by Crippen LogP contribution is 2.52. The van der Waals surface area contributed by atoms with Gasteiger partial charge in [0.2, 0.25) is 0 Å². The van der Waals surface area contributed by atoms with Crippen molar-refractivity contribution in [3.8, 4) is 11.5 Å². The molecule has 1 aromatic carbocycles. The van der Waals surface area contributed by atoms with Crippen LogP contribution < -0.4 is 9.47 Å². The van der Waals surface area contributed by atoms with Crippen molar-refractivity contribution in [1.29, 1.82) is 0 Å². The second kappa shape index (κ2) is 6.18. The Bertz CT molecular complexity index is 578. The van der Waals surface area contributed by atoms with Gasteiger partial charge < -0.3 is 9.47 Å². The summed E-state index contributed by atoms with van der Waals surface area (Å²) < 4.78 is 10.7. The number of ether oxygens (including phenoxy) is 2. The molecule has 0 aromatic heterocycles. The summed E-state index contributed by atoms with van der Waals surface area (Å²) in [6.07, 6.45) is 8.16. The number of benzene rings is 1. The maximum Gasteiger partial charge on any atom is 0.160 e. The molecule has 23 heavy (non-hydrogen) atoms. The Labute approximate surface area is 139 Å². The molecule has 0 radical (unpaired) electrons. The zero-order valence-corrected chi connectivity index (χ0v) is 14.3. The summed E-state index contributed by atoms with van der Waals surface area (Å²) in [5.41, 5.74) is 2.84. The van der Waals surface area contributed by atoms with E-state index in [9.17, 15) is 0 Å². The minimum Gasteiger partial charge on any atom is -0.493 e. The first-order valence-corrected chi connectivity index (χ1v) is 9.02. The lowest BCUT2D eigenvalue weighted by Crippen LogP contribution is -2.45. The van der Waals surface area contributed by atoms with E-state index in [2.05, 4.69) is 12.1 Å². The SMILES string of the molecule is COc1ccc(CCN=C2C3CC4CC(C3)CC2C4)cc1OC. The average molecular weight is 313 g/mol. The third-order valence-electron chi connectivity index (χ3n) is 6.12. The molecule has 4 aliphatic carbocycles. The molecule has 5 rings (SSSR count). The molecule has 4 fully saturated rings. The Kier molecular flexibility index (Phi) is 4.04. The molecular formula is C20H27NO2. The van der Waals surface area contributed by atoms with Crippen LogP contribution in [-0.4, -0.2) is 26.5 Å². The van der Waals surface area contributed by atoms with E-state index in [-0.39, 0.29) is 0 Å². The van der Waals surface area contributed by atoms with Gasteiger partial charge in [-0.25, -0.2) is 0 Å². The fraction of sp³-hybridized carbons (Fsp3) is 0.650. The lowest BCUT2D eigenvalue weighted by atomic mass is 9.55. The van der Waals surface area contributed by atoms with Crippen LogP contribution in [0.25, 0.3) is 0 Å². The predicted molar refractivity (Wildman–Crippen MR) is 92.6 cm³/mol. The maximum absolute atomic E-state index is 5.39. The van der Waals surface area contributed by atoms with Crippen molar-refractivity contribution in [3.05, 3.63) is 23.8 Å². The minimum absolute atomic E-state index is 0.795. The van der Waals surface area contributed by atoms with Gasteiger partial charge in [0.15, 0.2) is 11.5 Å². The van der Waals surface area contributed by atoms with E-state index in [4.69, 9.17) is 14.5 Å². The van der Waals surface area contributed by atoms with Gasteiger partial charge >= 0.3 is 0 Å². The van der Waals surface area contributed by atoms with E-state index in [0.717, 1.165) is 48.1 Å². The minimum atomic E-state index is 0.795. The Morgan fingerprint density at radius 1 is 0.913 bits per heavy atom. The largest absolute Gasteiger partial charge is 0.493 e. The van der Waals surface area contributed by atoms with Gasteiger partial charge in [-0.3, -0.25) is 4.99 Å². The first kappa shape index (κ1) is 15.0. The number of hydrogen-bond acceptors (Lipinski definition) is 3. The van der Waals surface area contributed by atoms with Crippen molar-refractivity contribution in [1.82, 2.24) is 0 Å². The van der Waals surface area contributed by atoms with E-state index >= 15 is 0 Å². The zero-order chi connectivity index (χ0) is 15.8. The van der Waals surface area contributed by atoms with E-state index in [1.807, 2.05) is 6.07 Å². The molecule has 0 atom stereocenters. The summed E-state index contributed by atoms with van der Waals surface area (Å²) in [6, 6.07) is 6.19. The second-order valence-electron chi connectivity index (χ2n) is 7.55. The van der Waals surface area contributed by atoms with Gasteiger partial charge in [-0.05, 0) is 79.9 Å². The van der Waals surface area contributed by atoms with Crippen LogP contribution in [0.2, 0.25) is 0 Å². The van der Waals surface area contributed by atoms with E-state index in [1.165, 1.54) is 37.7 Å². The molecule has 0 spiro atoms. The monoisotopic (exact) mass is 313 g/mol. The van der Waals surface area contributed by atoms with E-state index in [1.54, 1.807) is 19.9 Å². The number of rotatable bonds is 5. The Balaban J connectivity index is 1.42.